The van der Waals surface area contributed by atoms with Crippen molar-refractivity contribution in [2.45, 2.75) is 0 Å². The number of anilines is 1. The minimum absolute atomic E-state index is 0.217. The molecule has 0 fully saturated rings. The minimum atomic E-state index is -0.799. The molecule has 0 bridgehead atoms. The van der Waals surface area contributed by atoms with Crippen molar-refractivity contribution >= 4 is 35.0 Å². The fourth-order valence-electron chi connectivity index (χ4n) is 1.15. The number of carbonyl (C=O) groups excluding carboxylic acids is 3. The van der Waals surface area contributed by atoms with Crippen molar-refractivity contribution in [2.75, 3.05) is 17.7 Å². The van der Waals surface area contributed by atoms with Crippen LogP contribution in [0.2, 0.25) is 0 Å². The summed E-state index contributed by atoms with van der Waals surface area (Å²) in [6, 6.07) is 5.86. The Morgan fingerprint density at radius 1 is 1.11 bits per heavy atom. The van der Waals surface area contributed by atoms with Gasteiger partial charge in [0.2, 0.25) is 5.91 Å². The van der Waals surface area contributed by atoms with Gasteiger partial charge in [0.05, 0.1) is 0 Å². The second kappa shape index (κ2) is 6.61. The predicted molar refractivity (Wildman–Crippen MR) is 67.3 cm³/mol. The van der Waals surface area contributed by atoms with Gasteiger partial charge < -0.3 is 16.4 Å². The zero-order chi connectivity index (χ0) is 13.5. The van der Waals surface area contributed by atoms with Crippen LogP contribution in [0.25, 0.3) is 0 Å². The Labute approximate surface area is 108 Å². The normalized spacial score (nSPS) is 9.61. The van der Waals surface area contributed by atoms with Gasteiger partial charge in [-0.25, -0.2) is 0 Å². The van der Waals surface area contributed by atoms with E-state index < -0.39 is 17.7 Å². The number of carbonyl (C=O) groups is 3. The lowest BCUT2D eigenvalue weighted by atomic mass is 10.2. The summed E-state index contributed by atoms with van der Waals surface area (Å²) in [6.45, 7) is 0.217. The maximum Gasteiger partial charge on any atom is 0.313 e. The van der Waals surface area contributed by atoms with Gasteiger partial charge in [0.1, 0.15) is 0 Å². The van der Waals surface area contributed by atoms with Crippen molar-refractivity contribution in [3.63, 3.8) is 0 Å². The first-order valence-corrected chi connectivity index (χ1v) is 5.63. The lowest BCUT2D eigenvalue weighted by Crippen LogP contribution is -2.36. The molecule has 0 aromatic heterocycles. The maximum absolute atomic E-state index is 11.4. The number of primary amides is 1. The van der Waals surface area contributed by atoms with Gasteiger partial charge in [0.25, 0.3) is 0 Å². The molecule has 96 valence electrons. The fourth-order valence-corrected chi connectivity index (χ4v) is 1.24. The highest BCUT2D eigenvalue weighted by Gasteiger charge is 2.12. The van der Waals surface area contributed by atoms with Crippen molar-refractivity contribution in [1.29, 1.82) is 0 Å². The number of alkyl halides is 1. The van der Waals surface area contributed by atoms with Crippen molar-refractivity contribution in [3.05, 3.63) is 29.8 Å². The molecule has 0 radical (unpaired) electrons. The van der Waals surface area contributed by atoms with Crippen LogP contribution in [-0.2, 0) is 9.59 Å². The summed E-state index contributed by atoms with van der Waals surface area (Å²) in [5, 5.41) is 4.70. The number of hydrogen-bond donors (Lipinski definition) is 3. The van der Waals surface area contributed by atoms with E-state index >= 15 is 0 Å². The Hall–Kier alpha value is -2.08. The molecule has 0 saturated heterocycles. The molecule has 18 heavy (non-hydrogen) atoms. The van der Waals surface area contributed by atoms with Crippen LogP contribution in [0.3, 0.4) is 0 Å². The average Bonchev–Trinajstić information content (AvgIpc) is 2.36. The lowest BCUT2D eigenvalue weighted by Gasteiger charge is -2.05. The Kier molecular flexibility index (Phi) is 5.13. The predicted octanol–water partition coefficient (Wildman–Crippen LogP) is 0.0790. The van der Waals surface area contributed by atoms with Gasteiger partial charge in [0.15, 0.2) is 0 Å². The minimum Gasteiger partial charge on any atom is -0.366 e. The number of hydrogen-bond acceptors (Lipinski definition) is 3. The summed E-state index contributed by atoms with van der Waals surface area (Å²) in [4.78, 5) is 33.4. The van der Waals surface area contributed by atoms with Gasteiger partial charge in [-0.1, -0.05) is 0 Å². The molecule has 7 heteroatoms. The van der Waals surface area contributed by atoms with Gasteiger partial charge >= 0.3 is 11.8 Å². The van der Waals surface area contributed by atoms with Crippen LogP contribution in [0.5, 0.6) is 0 Å². The summed E-state index contributed by atoms with van der Waals surface area (Å²) >= 11 is 5.37. The molecule has 1 aromatic carbocycles. The Morgan fingerprint density at radius 2 is 1.72 bits per heavy atom. The quantitative estimate of drug-likeness (QED) is 0.533. The standard InChI is InChI=1S/C11H12ClN3O3/c12-5-6-14-10(17)11(18)15-8-3-1-7(2-4-8)9(13)16/h1-4H,5-6H2,(H2,13,16)(H,14,17)(H,15,18). The van der Waals surface area contributed by atoms with Crippen LogP contribution < -0.4 is 16.4 Å². The summed E-state index contributed by atoms with van der Waals surface area (Å²) in [7, 11) is 0. The van der Waals surface area contributed by atoms with E-state index in [1.807, 2.05) is 0 Å². The van der Waals surface area contributed by atoms with Gasteiger partial charge in [-0.15, -0.1) is 11.6 Å². The number of rotatable bonds is 4. The van der Waals surface area contributed by atoms with Crippen molar-refractivity contribution in [3.8, 4) is 0 Å². The van der Waals surface area contributed by atoms with Crippen molar-refractivity contribution in [1.82, 2.24) is 5.32 Å². The Balaban J connectivity index is 2.59. The Morgan fingerprint density at radius 3 is 2.22 bits per heavy atom. The molecular weight excluding hydrogens is 258 g/mol. The molecule has 0 heterocycles. The number of nitrogens with one attached hydrogen (secondary N) is 2. The van der Waals surface area contributed by atoms with Crippen LogP contribution in [0.1, 0.15) is 10.4 Å². The zero-order valence-electron chi connectivity index (χ0n) is 9.40. The van der Waals surface area contributed by atoms with E-state index in [0.717, 1.165) is 0 Å². The molecule has 1 aromatic rings. The van der Waals surface area contributed by atoms with E-state index in [1.165, 1.54) is 24.3 Å². The molecule has 0 atom stereocenters. The molecule has 0 aliphatic rings. The topological polar surface area (TPSA) is 101 Å². The number of amides is 3. The average molecular weight is 270 g/mol. The van der Waals surface area contributed by atoms with Gasteiger partial charge in [-0.05, 0) is 24.3 Å². The SMILES string of the molecule is NC(=O)c1ccc(NC(=O)C(=O)NCCCl)cc1. The fraction of sp³-hybridized carbons (Fsp3) is 0.182. The van der Waals surface area contributed by atoms with E-state index in [0.29, 0.717) is 11.3 Å². The summed E-state index contributed by atoms with van der Waals surface area (Å²) < 4.78 is 0. The maximum atomic E-state index is 11.4. The third-order valence-electron chi connectivity index (χ3n) is 2.01. The summed E-state index contributed by atoms with van der Waals surface area (Å²) in [5.74, 6) is -1.90. The first kappa shape index (κ1) is 14.0. The van der Waals surface area contributed by atoms with Crippen LogP contribution >= 0.6 is 11.6 Å². The summed E-state index contributed by atoms with van der Waals surface area (Å²) in [5.41, 5.74) is 5.78. The van der Waals surface area contributed by atoms with E-state index in [1.54, 1.807) is 0 Å². The van der Waals surface area contributed by atoms with E-state index in [4.69, 9.17) is 17.3 Å². The van der Waals surface area contributed by atoms with E-state index in [2.05, 4.69) is 10.6 Å². The van der Waals surface area contributed by atoms with Crippen LogP contribution in [0.4, 0.5) is 5.69 Å². The van der Waals surface area contributed by atoms with Crippen LogP contribution in [0, 0.1) is 0 Å². The molecule has 0 aliphatic heterocycles. The molecule has 0 spiro atoms. The second-order valence-electron chi connectivity index (χ2n) is 3.34. The number of benzene rings is 1. The molecular formula is C11H12ClN3O3. The third kappa shape index (κ3) is 4.06. The molecule has 3 amide bonds. The highest BCUT2D eigenvalue weighted by molar-refractivity contribution is 6.39. The molecule has 6 nitrogen and oxygen atoms in total. The molecule has 4 N–H and O–H groups in total. The van der Waals surface area contributed by atoms with E-state index in [9.17, 15) is 14.4 Å². The monoisotopic (exact) mass is 269 g/mol. The van der Waals surface area contributed by atoms with E-state index in [-0.39, 0.29) is 12.4 Å². The van der Waals surface area contributed by atoms with Crippen LogP contribution in [-0.4, -0.2) is 30.1 Å². The molecule has 0 aliphatic carbocycles. The lowest BCUT2D eigenvalue weighted by molar-refractivity contribution is -0.136. The first-order chi connectivity index (χ1) is 8.54. The zero-order valence-corrected chi connectivity index (χ0v) is 10.2. The van der Waals surface area contributed by atoms with Crippen molar-refractivity contribution in [2.24, 2.45) is 5.73 Å². The van der Waals surface area contributed by atoms with Gasteiger partial charge in [-0.2, -0.15) is 0 Å². The molecule has 0 unspecified atom stereocenters. The molecule has 1 rings (SSSR count). The summed E-state index contributed by atoms with van der Waals surface area (Å²) in [6.07, 6.45) is 0. The largest absolute Gasteiger partial charge is 0.366 e. The molecule has 0 saturated carbocycles. The number of nitrogens with two attached hydrogens (primary N) is 1. The Bertz CT molecular complexity index is 459. The highest BCUT2D eigenvalue weighted by atomic mass is 35.5. The second-order valence-corrected chi connectivity index (χ2v) is 3.72. The highest BCUT2D eigenvalue weighted by Crippen LogP contribution is 2.08. The third-order valence-corrected chi connectivity index (χ3v) is 2.20. The van der Waals surface area contributed by atoms with Crippen LogP contribution in [0.15, 0.2) is 24.3 Å². The van der Waals surface area contributed by atoms with Gasteiger partial charge in [-0.3, -0.25) is 14.4 Å². The smallest absolute Gasteiger partial charge is 0.313 e. The number of halogens is 1. The first-order valence-electron chi connectivity index (χ1n) is 5.09. The van der Waals surface area contributed by atoms with Gasteiger partial charge in [0, 0.05) is 23.7 Å². The van der Waals surface area contributed by atoms with Crippen molar-refractivity contribution < 1.29 is 14.4 Å².